The molecule has 0 heterocycles. The van der Waals surface area contributed by atoms with E-state index in [0.717, 1.165) is 5.56 Å². The highest BCUT2D eigenvalue weighted by atomic mass is 32.2. The van der Waals surface area contributed by atoms with E-state index in [1.165, 1.54) is 30.4 Å². The Morgan fingerprint density at radius 1 is 0.906 bits per heavy atom. The number of carbonyl (C=O) groups excluding carboxylic acids is 2. The maximum atomic E-state index is 13.0. The van der Waals surface area contributed by atoms with Gasteiger partial charge in [-0.3, -0.25) is 13.9 Å². The van der Waals surface area contributed by atoms with Crippen molar-refractivity contribution < 1.29 is 18.0 Å². The van der Waals surface area contributed by atoms with Crippen LogP contribution in [0.4, 0.5) is 11.4 Å². The molecule has 3 aromatic carbocycles. The predicted molar refractivity (Wildman–Crippen MR) is 125 cm³/mol. The maximum absolute atomic E-state index is 13.0. The topological polar surface area (TPSA) is 95.6 Å². The van der Waals surface area contributed by atoms with Crippen LogP contribution >= 0.6 is 0 Å². The van der Waals surface area contributed by atoms with Crippen LogP contribution in [0.3, 0.4) is 0 Å². The summed E-state index contributed by atoms with van der Waals surface area (Å²) < 4.78 is 27.2. The number of amides is 2. The summed E-state index contributed by atoms with van der Waals surface area (Å²) in [4.78, 5) is 24.3. The van der Waals surface area contributed by atoms with Crippen LogP contribution in [-0.2, 0) is 19.6 Å². The summed E-state index contributed by atoms with van der Waals surface area (Å²) in [7, 11) is -2.33. The molecular formula is C24H25N3O4S. The highest BCUT2D eigenvalue weighted by molar-refractivity contribution is 7.92. The van der Waals surface area contributed by atoms with Crippen LogP contribution in [0.15, 0.2) is 89.8 Å². The average molecular weight is 452 g/mol. The second kappa shape index (κ2) is 10.1. The summed E-state index contributed by atoms with van der Waals surface area (Å²) in [6, 6.07) is 23.5. The van der Waals surface area contributed by atoms with Crippen molar-refractivity contribution in [2.45, 2.75) is 24.3 Å². The Balaban J connectivity index is 1.76. The third kappa shape index (κ3) is 5.73. The van der Waals surface area contributed by atoms with Gasteiger partial charge in [0, 0.05) is 19.7 Å². The molecule has 3 rings (SSSR count). The third-order valence-electron chi connectivity index (χ3n) is 4.86. The van der Waals surface area contributed by atoms with Gasteiger partial charge in [-0.1, -0.05) is 54.6 Å². The first-order chi connectivity index (χ1) is 15.3. The van der Waals surface area contributed by atoms with E-state index in [1.54, 1.807) is 36.4 Å². The van der Waals surface area contributed by atoms with Gasteiger partial charge in [0.15, 0.2) is 0 Å². The number of carbonyl (C=O) groups is 2. The molecule has 0 spiro atoms. The van der Waals surface area contributed by atoms with Gasteiger partial charge in [0.2, 0.25) is 11.8 Å². The number of sulfonamides is 1. The molecule has 7 nitrogen and oxygen atoms in total. The van der Waals surface area contributed by atoms with E-state index in [9.17, 15) is 18.0 Å². The summed E-state index contributed by atoms with van der Waals surface area (Å²) in [5.41, 5.74) is 1.69. The summed E-state index contributed by atoms with van der Waals surface area (Å²) >= 11 is 0. The maximum Gasteiger partial charge on any atom is 0.264 e. The Bertz CT molecular complexity index is 1180. The zero-order valence-corrected chi connectivity index (χ0v) is 18.7. The van der Waals surface area contributed by atoms with Gasteiger partial charge in [-0.05, 0) is 35.9 Å². The zero-order valence-electron chi connectivity index (χ0n) is 17.9. The Morgan fingerprint density at radius 3 is 2.16 bits per heavy atom. The molecule has 0 bridgehead atoms. The lowest BCUT2D eigenvalue weighted by atomic mass is 10.0. The van der Waals surface area contributed by atoms with Crippen molar-refractivity contribution in [3.8, 4) is 0 Å². The summed E-state index contributed by atoms with van der Waals surface area (Å²) in [5.74, 6) is -0.595. The quantitative estimate of drug-likeness (QED) is 0.546. The first-order valence-corrected chi connectivity index (χ1v) is 11.5. The molecule has 1 atom stereocenters. The van der Waals surface area contributed by atoms with Crippen molar-refractivity contribution in [3.63, 3.8) is 0 Å². The lowest BCUT2D eigenvalue weighted by molar-refractivity contribution is -0.120. The first kappa shape index (κ1) is 23.0. The second-order valence-electron chi connectivity index (χ2n) is 7.25. The van der Waals surface area contributed by atoms with Crippen molar-refractivity contribution in [1.82, 2.24) is 5.32 Å². The normalized spacial score (nSPS) is 11.9. The minimum absolute atomic E-state index is 0.00445. The van der Waals surface area contributed by atoms with Crippen molar-refractivity contribution >= 4 is 33.2 Å². The minimum Gasteiger partial charge on any atom is -0.349 e. The van der Waals surface area contributed by atoms with Crippen LogP contribution in [0.5, 0.6) is 0 Å². The van der Waals surface area contributed by atoms with E-state index in [1.807, 2.05) is 36.4 Å². The van der Waals surface area contributed by atoms with Crippen molar-refractivity contribution in [2.75, 3.05) is 16.7 Å². The monoisotopic (exact) mass is 451 g/mol. The SMILES string of the molecule is CC(=O)N[C@@H](CC(=O)Nc1cccc(S(=O)(=O)N(C)c2ccccc2)c1)c1ccccc1. The molecule has 0 saturated carbocycles. The van der Waals surface area contributed by atoms with E-state index in [2.05, 4.69) is 10.6 Å². The van der Waals surface area contributed by atoms with Crippen molar-refractivity contribution in [1.29, 1.82) is 0 Å². The number of anilines is 2. The Kier molecular flexibility index (Phi) is 7.27. The van der Waals surface area contributed by atoms with Gasteiger partial charge in [0.1, 0.15) is 0 Å². The van der Waals surface area contributed by atoms with Gasteiger partial charge in [0.05, 0.1) is 23.0 Å². The van der Waals surface area contributed by atoms with Gasteiger partial charge >= 0.3 is 0 Å². The van der Waals surface area contributed by atoms with Crippen LogP contribution in [0.2, 0.25) is 0 Å². The van der Waals surface area contributed by atoms with Crippen LogP contribution in [0, 0.1) is 0 Å². The van der Waals surface area contributed by atoms with E-state index >= 15 is 0 Å². The molecule has 166 valence electrons. The highest BCUT2D eigenvalue weighted by Gasteiger charge is 2.22. The van der Waals surface area contributed by atoms with Crippen LogP contribution in [0.1, 0.15) is 24.9 Å². The van der Waals surface area contributed by atoms with Crippen molar-refractivity contribution in [3.05, 3.63) is 90.5 Å². The molecular weight excluding hydrogens is 426 g/mol. The number of nitrogens with zero attached hydrogens (tertiary/aromatic N) is 1. The standard InChI is InChI=1S/C24H25N3O4S/c1-18(28)25-23(19-10-5-3-6-11-19)17-24(29)26-20-12-9-15-22(16-20)32(30,31)27(2)21-13-7-4-8-14-21/h3-16,23H,17H2,1-2H3,(H,25,28)(H,26,29)/t23-/m0/s1. The number of para-hydroxylation sites is 1. The number of nitrogens with one attached hydrogen (secondary N) is 2. The Labute approximate surface area is 188 Å². The molecule has 0 unspecified atom stereocenters. The molecule has 0 aliphatic heterocycles. The highest BCUT2D eigenvalue weighted by Crippen LogP contribution is 2.24. The largest absolute Gasteiger partial charge is 0.349 e. The van der Waals surface area contributed by atoms with E-state index in [4.69, 9.17) is 0 Å². The second-order valence-corrected chi connectivity index (χ2v) is 9.22. The van der Waals surface area contributed by atoms with Crippen LogP contribution < -0.4 is 14.9 Å². The molecule has 2 N–H and O–H groups in total. The van der Waals surface area contributed by atoms with Gasteiger partial charge in [0.25, 0.3) is 10.0 Å². The first-order valence-electron chi connectivity index (χ1n) is 10.0. The van der Waals surface area contributed by atoms with E-state index in [-0.39, 0.29) is 23.1 Å². The minimum atomic E-state index is -3.81. The number of hydrogen-bond acceptors (Lipinski definition) is 4. The summed E-state index contributed by atoms with van der Waals surface area (Å²) in [6.45, 7) is 1.39. The Hall–Kier alpha value is -3.65. The predicted octanol–water partition coefficient (Wildman–Crippen LogP) is 3.72. The molecule has 8 heteroatoms. The zero-order chi connectivity index (χ0) is 23.1. The lowest BCUT2D eigenvalue weighted by Gasteiger charge is -2.20. The number of benzene rings is 3. The number of hydrogen-bond donors (Lipinski definition) is 2. The van der Waals surface area contributed by atoms with E-state index < -0.39 is 16.1 Å². The summed E-state index contributed by atoms with van der Waals surface area (Å²) in [6.07, 6.45) is 0.00445. The molecule has 0 aliphatic rings. The molecule has 0 aromatic heterocycles. The van der Waals surface area contributed by atoms with Crippen LogP contribution in [-0.4, -0.2) is 27.3 Å². The molecule has 3 aromatic rings. The molecule has 0 radical (unpaired) electrons. The molecule has 0 saturated heterocycles. The smallest absolute Gasteiger partial charge is 0.264 e. The van der Waals surface area contributed by atoms with Gasteiger partial charge in [-0.2, -0.15) is 0 Å². The fourth-order valence-electron chi connectivity index (χ4n) is 3.25. The molecule has 0 aliphatic carbocycles. The Morgan fingerprint density at radius 2 is 1.53 bits per heavy atom. The fraction of sp³-hybridized carbons (Fsp3) is 0.167. The molecule has 0 fully saturated rings. The van der Waals surface area contributed by atoms with Gasteiger partial charge in [-0.15, -0.1) is 0 Å². The van der Waals surface area contributed by atoms with Gasteiger partial charge < -0.3 is 10.6 Å². The van der Waals surface area contributed by atoms with E-state index in [0.29, 0.717) is 11.4 Å². The summed E-state index contributed by atoms with van der Waals surface area (Å²) in [5, 5.41) is 5.51. The fourth-order valence-corrected chi connectivity index (χ4v) is 4.49. The average Bonchev–Trinajstić information content (AvgIpc) is 2.79. The van der Waals surface area contributed by atoms with Crippen molar-refractivity contribution in [2.24, 2.45) is 0 Å². The third-order valence-corrected chi connectivity index (χ3v) is 6.65. The number of rotatable bonds is 8. The molecule has 32 heavy (non-hydrogen) atoms. The van der Waals surface area contributed by atoms with Gasteiger partial charge in [-0.25, -0.2) is 8.42 Å². The lowest BCUT2D eigenvalue weighted by Crippen LogP contribution is -2.30. The molecule has 2 amide bonds. The van der Waals surface area contributed by atoms with Crippen LogP contribution in [0.25, 0.3) is 0 Å².